The highest BCUT2D eigenvalue weighted by molar-refractivity contribution is 5.81. The minimum absolute atomic E-state index is 0.369. The van der Waals surface area contributed by atoms with Gasteiger partial charge in [-0.15, -0.1) is 0 Å². The van der Waals surface area contributed by atoms with Crippen LogP contribution < -0.4 is 14.8 Å². The summed E-state index contributed by atoms with van der Waals surface area (Å²) < 4.78 is 15.5. The number of fused-ring (bicyclic) bond motifs is 1. The van der Waals surface area contributed by atoms with Gasteiger partial charge < -0.3 is 19.5 Å². The zero-order valence-electron chi connectivity index (χ0n) is 10.8. The normalized spacial score (nSPS) is 13.3. The Morgan fingerprint density at radius 2 is 2.16 bits per heavy atom. The van der Waals surface area contributed by atoms with E-state index in [1.165, 1.54) is 13.2 Å². The average molecular weight is 263 g/mol. The molecule has 19 heavy (non-hydrogen) atoms. The van der Waals surface area contributed by atoms with Gasteiger partial charge in [-0.25, -0.2) is 4.79 Å². The lowest BCUT2D eigenvalue weighted by molar-refractivity contribution is -0.134. The molecule has 0 spiro atoms. The minimum Gasteiger partial charge on any atom is -0.486 e. The lowest BCUT2D eigenvalue weighted by atomic mass is 10.1. The fraction of sp³-hybridized carbons (Fsp3) is 0.357. The second-order valence-corrected chi connectivity index (χ2v) is 4.04. The fourth-order valence-corrected chi connectivity index (χ4v) is 1.74. The largest absolute Gasteiger partial charge is 0.486 e. The Kier molecular flexibility index (Phi) is 4.66. The van der Waals surface area contributed by atoms with Gasteiger partial charge in [-0.1, -0.05) is 6.07 Å². The van der Waals surface area contributed by atoms with Crippen LogP contribution in [0.15, 0.2) is 30.5 Å². The van der Waals surface area contributed by atoms with Crippen molar-refractivity contribution in [2.75, 3.05) is 26.9 Å². The average Bonchev–Trinajstić information content (AvgIpc) is 2.46. The van der Waals surface area contributed by atoms with Crippen molar-refractivity contribution in [1.82, 2.24) is 5.32 Å². The Hall–Kier alpha value is -2.17. The van der Waals surface area contributed by atoms with Crippen LogP contribution in [0.25, 0.3) is 0 Å². The number of carbonyl (C=O) groups excluding carboxylic acids is 1. The Balaban J connectivity index is 1.80. The Morgan fingerprint density at radius 1 is 1.37 bits per heavy atom. The van der Waals surface area contributed by atoms with Crippen LogP contribution in [-0.2, 0) is 16.0 Å². The molecule has 0 aliphatic carbocycles. The van der Waals surface area contributed by atoms with Crippen LogP contribution in [0.1, 0.15) is 5.56 Å². The van der Waals surface area contributed by atoms with Crippen molar-refractivity contribution in [2.24, 2.45) is 0 Å². The summed E-state index contributed by atoms with van der Waals surface area (Å²) in [6.45, 7) is 1.93. The smallest absolute Gasteiger partial charge is 0.331 e. The highest BCUT2D eigenvalue weighted by Crippen LogP contribution is 2.30. The third-order valence-corrected chi connectivity index (χ3v) is 2.70. The lowest BCUT2D eigenvalue weighted by Crippen LogP contribution is -2.16. The molecule has 102 valence electrons. The summed E-state index contributed by atoms with van der Waals surface area (Å²) in [5.41, 5.74) is 1.16. The molecule has 0 atom stereocenters. The first-order chi connectivity index (χ1) is 9.29. The predicted octanol–water partition coefficient (Wildman–Crippen LogP) is 1.28. The molecule has 1 heterocycles. The second-order valence-electron chi connectivity index (χ2n) is 4.04. The van der Waals surface area contributed by atoms with Crippen LogP contribution >= 0.6 is 0 Å². The molecule has 1 aromatic rings. The lowest BCUT2D eigenvalue weighted by Gasteiger charge is -2.18. The summed E-state index contributed by atoms with van der Waals surface area (Å²) in [5, 5.41) is 3.03. The van der Waals surface area contributed by atoms with Crippen molar-refractivity contribution in [3.8, 4) is 11.5 Å². The SMILES string of the molecule is COC(=O)/C=C/NCCc1ccc2c(c1)OCCO2. The molecule has 0 radical (unpaired) electrons. The van der Waals surface area contributed by atoms with Gasteiger partial charge in [0, 0.05) is 18.8 Å². The van der Waals surface area contributed by atoms with Gasteiger partial charge in [0.1, 0.15) is 13.2 Å². The van der Waals surface area contributed by atoms with Crippen LogP contribution in [0.4, 0.5) is 0 Å². The van der Waals surface area contributed by atoms with Crippen molar-refractivity contribution >= 4 is 5.97 Å². The van der Waals surface area contributed by atoms with E-state index in [0.29, 0.717) is 13.2 Å². The standard InChI is InChI=1S/C14H17NO4/c1-17-14(16)5-7-15-6-4-11-2-3-12-13(10-11)19-9-8-18-12/h2-3,5,7,10,15H,4,6,8-9H2,1H3/b7-5+. The van der Waals surface area contributed by atoms with E-state index in [1.807, 2.05) is 18.2 Å². The molecule has 0 bridgehead atoms. The monoisotopic (exact) mass is 263 g/mol. The molecule has 2 rings (SSSR count). The molecule has 0 unspecified atom stereocenters. The molecule has 1 aliphatic rings. The van der Waals surface area contributed by atoms with Gasteiger partial charge in [0.2, 0.25) is 0 Å². The maximum Gasteiger partial charge on any atom is 0.331 e. The molecule has 0 amide bonds. The van der Waals surface area contributed by atoms with Gasteiger partial charge in [0.25, 0.3) is 0 Å². The van der Waals surface area contributed by atoms with Crippen molar-refractivity contribution in [2.45, 2.75) is 6.42 Å². The number of esters is 1. The number of hydrogen-bond donors (Lipinski definition) is 1. The van der Waals surface area contributed by atoms with Crippen LogP contribution in [0.2, 0.25) is 0 Å². The zero-order chi connectivity index (χ0) is 13.5. The van der Waals surface area contributed by atoms with Gasteiger partial charge in [0.05, 0.1) is 7.11 Å². The summed E-state index contributed by atoms with van der Waals surface area (Å²) >= 11 is 0. The Labute approximate surface area is 112 Å². The highest BCUT2D eigenvalue weighted by atomic mass is 16.6. The van der Waals surface area contributed by atoms with E-state index in [2.05, 4.69) is 10.1 Å². The Morgan fingerprint density at radius 3 is 2.95 bits per heavy atom. The third kappa shape index (κ3) is 3.91. The number of hydrogen-bond acceptors (Lipinski definition) is 5. The van der Waals surface area contributed by atoms with Gasteiger partial charge in [-0.05, 0) is 24.1 Å². The summed E-state index contributed by atoms with van der Waals surface area (Å²) in [5.74, 6) is 1.23. The third-order valence-electron chi connectivity index (χ3n) is 2.70. The van der Waals surface area contributed by atoms with E-state index < -0.39 is 0 Å². The van der Waals surface area contributed by atoms with Crippen molar-refractivity contribution in [1.29, 1.82) is 0 Å². The molecule has 5 heteroatoms. The number of carbonyl (C=O) groups is 1. The molecule has 1 N–H and O–H groups in total. The van der Waals surface area contributed by atoms with Gasteiger partial charge in [0.15, 0.2) is 11.5 Å². The highest BCUT2D eigenvalue weighted by Gasteiger charge is 2.11. The molecule has 5 nitrogen and oxygen atoms in total. The fourth-order valence-electron chi connectivity index (χ4n) is 1.74. The van der Waals surface area contributed by atoms with Crippen molar-refractivity contribution in [3.05, 3.63) is 36.0 Å². The summed E-state index contributed by atoms with van der Waals surface area (Å²) in [7, 11) is 1.35. The van der Waals surface area contributed by atoms with Crippen LogP contribution in [0.5, 0.6) is 11.5 Å². The Bertz CT molecular complexity index is 471. The van der Waals surface area contributed by atoms with Crippen molar-refractivity contribution < 1.29 is 19.0 Å². The van der Waals surface area contributed by atoms with E-state index in [0.717, 1.165) is 30.0 Å². The molecule has 0 fully saturated rings. The summed E-state index contributed by atoms with van der Waals surface area (Å²) in [6, 6.07) is 5.92. The molecule has 0 saturated carbocycles. The van der Waals surface area contributed by atoms with Gasteiger partial charge in [-0.3, -0.25) is 0 Å². The number of rotatable bonds is 5. The number of methoxy groups -OCH3 is 1. The van der Waals surface area contributed by atoms with E-state index >= 15 is 0 Å². The van der Waals surface area contributed by atoms with Crippen molar-refractivity contribution in [3.63, 3.8) is 0 Å². The number of ether oxygens (including phenoxy) is 3. The first-order valence-electron chi connectivity index (χ1n) is 6.16. The first-order valence-corrected chi connectivity index (χ1v) is 6.16. The van der Waals surface area contributed by atoms with E-state index in [1.54, 1.807) is 6.20 Å². The van der Waals surface area contributed by atoms with Crippen LogP contribution in [-0.4, -0.2) is 32.8 Å². The van der Waals surface area contributed by atoms with E-state index in [9.17, 15) is 4.79 Å². The number of nitrogens with one attached hydrogen (secondary N) is 1. The maximum atomic E-state index is 10.8. The van der Waals surface area contributed by atoms with Crippen LogP contribution in [0, 0.1) is 0 Å². The number of benzene rings is 1. The maximum absolute atomic E-state index is 10.8. The first kappa shape index (κ1) is 13.3. The molecular weight excluding hydrogens is 246 g/mol. The van der Waals surface area contributed by atoms with Gasteiger partial charge in [-0.2, -0.15) is 0 Å². The predicted molar refractivity (Wildman–Crippen MR) is 70.3 cm³/mol. The molecule has 0 saturated heterocycles. The molecule has 1 aliphatic heterocycles. The topological polar surface area (TPSA) is 56.8 Å². The molecule has 1 aromatic carbocycles. The summed E-state index contributed by atoms with van der Waals surface area (Å²) in [6.07, 6.45) is 3.77. The van der Waals surface area contributed by atoms with Crippen LogP contribution in [0.3, 0.4) is 0 Å². The molecular formula is C14H17NO4. The quantitative estimate of drug-likeness (QED) is 0.492. The minimum atomic E-state index is -0.369. The second kappa shape index (κ2) is 6.68. The summed E-state index contributed by atoms with van der Waals surface area (Å²) in [4.78, 5) is 10.8. The zero-order valence-corrected chi connectivity index (χ0v) is 10.8. The van der Waals surface area contributed by atoms with E-state index in [-0.39, 0.29) is 5.97 Å². The van der Waals surface area contributed by atoms with E-state index in [4.69, 9.17) is 9.47 Å². The molecule has 0 aromatic heterocycles. The van der Waals surface area contributed by atoms with Gasteiger partial charge >= 0.3 is 5.97 Å².